The molecular formula is C46H48N4O2Pd. The minimum Gasteiger partial charge on any atom is -0.509 e. The van der Waals surface area contributed by atoms with Crippen LogP contribution in [0.25, 0.3) is 44.4 Å². The fourth-order valence-electron chi connectivity index (χ4n) is 6.91. The molecular weight excluding hydrogens is 747 g/mol. The number of aromatic nitrogens is 4. The number of ether oxygens (including phenoxy) is 2. The van der Waals surface area contributed by atoms with Gasteiger partial charge < -0.3 is 14.0 Å². The maximum Gasteiger partial charge on any atom is 2.00 e. The molecule has 0 N–H and O–H groups in total. The molecule has 53 heavy (non-hydrogen) atoms. The summed E-state index contributed by atoms with van der Waals surface area (Å²) in [5.74, 6) is 3.01. The number of benzene rings is 4. The number of aryl methyl sites for hydroxylation is 2. The second-order valence-corrected chi connectivity index (χ2v) is 14.9. The molecule has 4 aromatic carbocycles. The van der Waals surface area contributed by atoms with Crippen molar-refractivity contribution in [1.82, 2.24) is 19.3 Å². The number of rotatable bonds is 11. The van der Waals surface area contributed by atoms with Gasteiger partial charge in [-0.1, -0.05) is 95.1 Å². The molecule has 0 aliphatic heterocycles. The van der Waals surface area contributed by atoms with Gasteiger partial charge in [-0.05, 0) is 68.3 Å². The van der Waals surface area contributed by atoms with E-state index in [1.165, 1.54) is 22.4 Å². The minimum absolute atomic E-state index is 0. The Morgan fingerprint density at radius 1 is 0.830 bits per heavy atom. The van der Waals surface area contributed by atoms with E-state index in [1.54, 1.807) is 6.20 Å². The Labute approximate surface area is 327 Å². The van der Waals surface area contributed by atoms with Gasteiger partial charge >= 0.3 is 20.4 Å². The molecule has 0 saturated carbocycles. The summed E-state index contributed by atoms with van der Waals surface area (Å²) in [6.45, 7) is 19.6. The molecule has 0 spiro atoms. The summed E-state index contributed by atoms with van der Waals surface area (Å²) in [6.07, 6.45) is 3.62. The third-order valence-electron chi connectivity index (χ3n) is 10.00. The quantitative estimate of drug-likeness (QED) is 0.0967. The van der Waals surface area contributed by atoms with Gasteiger partial charge in [-0.15, -0.1) is 41.3 Å². The Bertz CT molecular complexity index is 2380. The van der Waals surface area contributed by atoms with Crippen molar-refractivity contribution in [3.05, 3.63) is 126 Å². The van der Waals surface area contributed by atoms with E-state index in [-0.39, 0.29) is 37.9 Å². The summed E-state index contributed by atoms with van der Waals surface area (Å²) in [7, 11) is 0. The molecule has 274 valence electrons. The molecule has 7 aromatic rings. The second-order valence-electron chi connectivity index (χ2n) is 14.9. The molecule has 0 bridgehead atoms. The molecule has 6 nitrogen and oxygen atoms in total. The van der Waals surface area contributed by atoms with Crippen LogP contribution in [0.3, 0.4) is 0 Å². The minimum atomic E-state index is -0.152. The summed E-state index contributed by atoms with van der Waals surface area (Å²) in [5.41, 5.74) is 9.69. The number of para-hydroxylation sites is 1. The van der Waals surface area contributed by atoms with E-state index in [4.69, 9.17) is 19.6 Å². The van der Waals surface area contributed by atoms with Crippen molar-refractivity contribution >= 4 is 21.8 Å². The van der Waals surface area contributed by atoms with Crippen molar-refractivity contribution in [3.8, 4) is 39.9 Å². The molecule has 0 unspecified atom stereocenters. The molecule has 0 aliphatic rings. The van der Waals surface area contributed by atoms with Gasteiger partial charge in [0, 0.05) is 40.3 Å². The van der Waals surface area contributed by atoms with Crippen molar-refractivity contribution in [3.63, 3.8) is 0 Å². The predicted molar refractivity (Wildman–Crippen MR) is 213 cm³/mol. The van der Waals surface area contributed by atoms with Crippen molar-refractivity contribution in [2.75, 3.05) is 0 Å². The van der Waals surface area contributed by atoms with Crippen LogP contribution in [0.5, 0.6) is 17.2 Å². The fraction of sp³-hybridized carbons (Fsp3) is 0.304. The van der Waals surface area contributed by atoms with Crippen LogP contribution < -0.4 is 9.47 Å². The van der Waals surface area contributed by atoms with Crippen LogP contribution in [0.2, 0.25) is 0 Å². The Morgan fingerprint density at radius 3 is 2.28 bits per heavy atom. The van der Waals surface area contributed by atoms with Crippen molar-refractivity contribution in [2.24, 2.45) is 0 Å². The van der Waals surface area contributed by atoms with E-state index in [0.717, 1.165) is 63.2 Å². The first kappa shape index (κ1) is 38.0. The molecule has 0 radical (unpaired) electrons. The van der Waals surface area contributed by atoms with Crippen LogP contribution in [-0.2, 0) is 32.3 Å². The summed E-state index contributed by atoms with van der Waals surface area (Å²) in [6, 6.07) is 36.7. The van der Waals surface area contributed by atoms with Gasteiger partial charge in [0.2, 0.25) is 0 Å². The van der Waals surface area contributed by atoms with Gasteiger partial charge in [-0.25, -0.2) is 4.98 Å². The van der Waals surface area contributed by atoms with Gasteiger partial charge in [0.25, 0.3) is 0 Å². The Kier molecular flexibility index (Phi) is 11.0. The molecule has 3 aromatic heterocycles. The molecule has 0 fully saturated rings. The van der Waals surface area contributed by atoms with Crippen molar-refractivity contribution in [2.45, 2.75) is 92.6 Å². The van der Waals surface area contributed by atoms with E-state index in [2.05, 4.69) is 137 Å². The van der Waals surface area contributed by atoms with E-state index in [9.17, 15) is 0 Å². The zero-order valence-electron chi connectivity index (χ0n) is 32.2. The maximum atomic E-state index is 6.71. The molecule has 0 amide bonds. The zero-order valence-corrected chi connectivity index (χ0v) is 33.7. The first-order valence-electron chi connectivity index (χ1n) is 18.5. The Morgan fingerprint density at radius 2 is 1.58 bits per heavy atom. The normalized spacial score (nSPS) is 11.8. The maximum absolute atomic E-state index is 6.71. The third kappa shape index (κ3) is 7.43. The molecule has 0 aliphatic carbocycles. The molecule has 0 saturated heterocycles. The number of hydrogen-bond acceptors (Lipinski definition) is 4. The van der Waals surface area contributed by atoms with Crippen LogP contribution in [0.4, 0.5) is 0 Å². The van der Waals surface area contributed by atoms with Crippen molar-refractivity contribution < 1.29 is 29.9 Å². The topological polar surface area (TPSA) is 54.1 Å². The van der Waals surface area contributed by atoms with Gasteiger partial charge in [-0.3, -0.25) is 4.68 Å². The smallest absolute Gasteiger partial charge is 0.509 e. The predicted octanol–water partition coefficient (Wildman–Crippen LogP) is 11.9. The molecule has 0 atom stereocenters. The van der Waals surface area contributed by atoms with E-state index in [0.29, 0.717) is 11.5 Å². The molecule has 7 heteroatoms. The van der Waals surface area contributed by atoms with Gasteiger partial charge in [0.1, 0.15) is 11.6 Å². The largest absolute Gasteiger partial charge is 2.00 e. The summed E-state index contributed by atoms with van der Waals surface area (Å²) in [5, 5.41) is 7.49. The SMILES string of the molecule is CCc1nn(-c2[c-]c(Oc3[c-]c4c(cc3)c3ccccc3n4-c3cc(OC(C)C)ccn3)cc(C(C)C)c2)c(C(C)(C)CC)c1-c1ccc(C)cc1.[Pd+2]. The third-order valence-corrected chi connectivity index (χ3v) is 10.00. The van der Waals surface area contributed by atoms with Crippen LogP contribution in [-0.4, -0.2) is 25.4 Å². The van der Waals surface area contributed by atoms with Gasteiger partial charge in [-0.2, -0.15) is 11.2 Å². The van der Waals surface area contributed by atoms with Crippen LogP contribution in [0.15, 0.2) is 91.1 Å². The second kappa shape index (κ2) is 15.3. The monoisotopic (exact) mass is 794 g/mol. The summed E-state index contributed by atoms with van der Waals surface area (Å²) < 4.78 is 17.0. The van der Waals surface area contributed by atoms with Gasteiger partial charge in [0.15, 0.2) is 0 Å². The van der Waals surface area contributed by atoms with E-state index < -0.39 is 0 Å². The standard InChI is InChI=1S/C46H48N4O2.Pd/c1-10-40-44(32-18-16-31(7)17-19-32)45(46(8,9)11-2)50(48-40)34-24-33(29(3)4)25-37(26-34)52-35-20-21-39-38-14-12-13-15-41(38)49(42(39)27-35)43-28-36(22-23-47-43)51-30(5)6;/h12-25,28-30H,10-11H2,1-9H3;/q-2;+2. The number of hydrogen-bond donors (Lipinski definition) is 0. The number of pyridine rings is 1. The first-order valence-corrected chi connectivity index (χ1v) is 18.5. The first-order chi connectivity index (χ1) is 25.0. The molecule has 7 rings (SSSR count). The van der Waals surface area contributed by atoms with Crippen LogP contribution in [0, 0.1) is 19.1 Å². The average molecular weight is 795 g/mol. The fourth-order valence-corrected chi connectivity index (χ4v) is 6.91. The van der Waals surface area contributed by atoms with E-state index in [1.807, 2.05) is 32.0 Å². The van der Waals surface area contributed by atoms with Gasteiger partial charge in [0.05, 0.1) is 17.5 Å². The van der Waals surface area contributed by atoms with E-state index >= 15 is 0 Å². The van der Waals surface area contributed by atoms with Crippen LogP contribution in [0.1, 0.15) is 90.2 Å². The Hall–Kier alpha value is -4.70. The average Bonchev–Trinajstić information content (AvgIpc) is 3.68. The zero-order chi connectivity index (χ0) is 36.7. The Balaban J connectivity index is 0.00000481. The molecule has 3 heterocycles. The summed E-state index contributed by atoms with van der Waals surface area (Å²) in [4.78, 5) is 4.76. The number of nitrogens with zero attached hydrogens (tertiary/aromatic N) is 4. The van der Waals surface area contributed by atoms with Crippen molar-refractivity contribution in [1.29, 1.82) is 0 Å². The summed E-state index contributed by atoms with van der Waals surface area (Å²) >= 11 is 0. The van der Waals surface area contributed by atoms with Crippen LogP contribution >= 0.6 is 0 Å². The number of fused-ring (bicyclic) bond motifs is 3.